The summed E-state index contributed by atoms with van der Waals surface area (Å²) in [7, 11) is 1.60. The van der Waals surface area contributed by atoms with Gasteiger partial charge in [0.25, 0.3) is 5.69 Å². The minimum atomic E-state index is -0.492. The second-order valence-corrected chi connectivity index (χ2v) is 4.61. The lowest BCUT2D eigenvalue weighted by atomic mass is 10.2. The summed E-state index contributed by atoms with van der Waals surface area (Å²) in [6.45, 7) is 2.13. The Balaban J connectivity index is 2.05. The van der Waals surface area contributed by atoms with Crippen molar-refractivity contribution >= 4 is 11.4 Å². The summed E-state index contributed by atoms with van der Waals surface area (Å²) in [5, 5.41) is 11.0. The van der Waals surface area contributed by atoms with Crippen LogP contribution < -0.4 is 4.90 Å². The molecule has 1 aromatic rings. The molecular formula is C13H17FN2O4. The fourth-order valence-electron chi connectivity index (χ4n) is 2.29. The van der Waals surface area contributed by atoms with Gasteiger partial charge >= 0.3 is 0 Å². The van der Waals surface area contributed by atoms with Crippen molar-refractivity contribution in [3.05, 3.63) is 34.1 Å². The van der Waals surface area contributed by atoms with E-state index >= 15 is 0 Å². The maximum Gasteiger partial charge on any atom is 0.292 e. The zero-order valence-electron chi connectivity index (χ0n) is 11.3. The standard InChI is InChI=1S/C13H17FN2O4/c1-19-6-7-20-11-4-5-15(9-11)13-8-10(14)2-3-12(13)16(17)18/h2-3,8,11H,4-7,9H2,1H3. The Morgan fingerprint density at radius 3 is 3.00 bits per heavy atom. The molecule has 2 rings (SSSR count). The zero-order valence-corrected chi connectivity index (χ0v) is 11.3. The van der Waals surface area contributed by atoms with Gasteiger partial charge in [0.05, 0.1) is 24.2 Å². The van der Waals surface area contributed by atoms with E-state index in [1.54, 1.807) is 12.0 Å². The monoisotopic (exact) mass is 284 g/mol. The molecule has 0 radical (unpaired) electrons. The predicted molar refractivity (Wildman–Crippen MR) is 71.5 cm³/mol. The molecule has 6 nitrogen and oxygen atoms in total. The van der Waals surface area contributed by atoms with Crippen molar-refractivity contribution in [2.24, 2.45) is 0 Å². The fraction of sp³-hybridized carbons (Fsp3) is 0.538. The number of nitro benzene ring substituents is 1. The number of ether oxygens (including phenoxy) is 2. The van der Waals surface area contributed by atoms with E-state index in [4.69, 9.17) is 9.47 Å². The van der Waals surface area contributed by atoms with Crippen LogP contribution in [0.15, 0.2) is 18.2 Å². The summed E-state index contributed by atoms with van der Waals surface area (Å²) < 4.78 is 23.8. The number of nitro groups is 1. The molecule has 0 N–H and O–H groups in total. The third-order valence-corrected chi connectivity index (χ3v) is 3.26. The van der Waals surface area contributed by atoms with Crippen LogP contribution in [-0.2, 0) is 9.47 Å². The van der Waals surface area contributed by atoms with Crippen molar-refractivity contribution in [2.45, 2.75) is 12.5 Å². The van der Waals surface area contributed by atoms with Gasteiger partial charge in [-0.3, -0.25) is 10.1 Å². The van der Waals surface area contributed by atoms with E-state index < -0.39 is 10.7 Å². The molecule has 0 spiro atoms. The van der Waals surface area contributed by atoms with Gasteiger partial charge in [0, 0.05) is 32.3 Å². The number of rotatable bonds is 6. The van der Waals surface area contributed by atoms with Gasteiger partial charge in [-0.15, -0.1) is 0 Å². The Labute approximate surface area is 116 Å². The summed E-state index contributed by atoms with van der Waals surface area (Å²) in [6, 6.07) is 3.50. The SMILES string of the molecule is COCCOC1CCN(c2cc(F)ccc2[N+](=O)[O-])C1. The molecule has 7 heteroatoms. The van der Waals surface area contributed by atoms with Gasteiger partial charge in [-0.2, -0.15) is 0 Å². The topological polar surface area (TPSA) is 64.8 Å². The van der Waals surface area contributed by atoms with Crippen LogP contribution in [0.5, 0.6) is 0 Å². The molecule has 1 aliphatic rings. The maximum atomic E-state index is 13.3. The van der Waals surface area contributed by atoms with E-state index in [0.29, 0.717) is 32.0 Å². The van der Waals surface area contributed by atoms with E-state index in [2.05, 4.69) is 0 Å². The number of methoxy groups -OCH3 is 1. The van der Waals surface area contributed by atoms with Gasteiger partial charge in [-0.1, -0.05) is 0 Å². The number of anilines is 1. The first-order chi connectivity index (χ1) is 9.61. The van der Waals surface area contributed by atoms with E-state index in [1.165, 1.54) is 12.1 Å². The van der Waals surface area contributed by atoms with Crippen LogP contribution in [0.4, 0.5) is 15.8 Å². The minimum Gasteiger partial charge on any atom is -0.382 e. The molecule has 0 saturated carbocycles. The maximum absolute atomic E-state index is 13.3. The van der Waals surface area contributed by atoms with Crippen LogP contribution in [-0.4, -0.2) is 44.4 Å². The van der Waals surface area contributed by atoms with Crippen molar-refractivity contribution in [3.8, 4) is 0 Å². The molecule has 1 fully saturated rings. The Kier molecular flexibility index (Phi) is 4.86. The van der Waals surface area contributed by atoms with Gasteiger partial charge in [-0.05, 0) is 12.5 Å². The van der Waals surface area contributed by atoms with Crippen LogP contribution in [0, 0.1) is 15.9 Å². The number of nitrogens with zero attached hydrogens (tertiary/aromatic N) is 2. The Bertz CT molecular complexity index is 483. The summed E-state index contributed by atoms with van der Waals surface area (Å²) in [4.78, 5) is 12.3. The smallest absolute Gasteiger partial charge is 0.292 e. The van der Waals surface area contributed by atoms with Crippen molar-refractivity contribution in [1.29, 1.82) is 0 Å². The number of hydrogen-bond acceptors (Lipinski definition) is 5. The number of halogens is 1. The average molecular weight is 284 g/mol. The highest BCUT2D eigenvalue weighted by molar-refractivity contribution is 5.63. The lowest BCUT2D eigenvalue weighted by molar-refractivity contribution is -0.384. The zero-order chi connectivity index (χ0) is 14.5. The van der Waals surface area contributed by atoms with E-state index in [-0.39, 0.29) is 11.8 Å². The predicted octanol–water partition coefficient (Wildman–Crippen LogP) is 1.98. The summed E-state index contributed by atoms with van der Waals surface area (Å²) in [5.74, 6) is -0.477. The summed E-state index contributed by atoms with van der Waals surface area (Å²) in [6.07, 6.45) is 0.755. The molecule has 1 aromatic carbocycles. The highest BCUT2D eigenvalue weighted by Crippen LogP contribution is 2.31. The molecule has 0 bridgehead atoms. The normalized spacial score (nSPS) is 18.5. The van der Waals surface area contributed by atoms with Gasteiger partial charge < -0.3 is 14.4 Å². The Morgan fingerprint density at radius 1 is 1.50 bits per heavy atom. The summed E-state index contributed by atoms with van der Waals surface area (Å²) in [5.41, 5.74) is 0.233. The second-order valence-electron chi connectivity index (χ2n) is 4.61. The highest BCUT2D eigenvalue weighted by Gasteiger charge is 2.28. The van der Waals surface area contributed by atoms with Crippen LogP contribution in [0.2, 0.25) is 0 Å². The third-order valence-electron chi connectivity index (χ3n) is 3.26. The van der Waals surface area contributed by atoms with Crippen LogP contribution >= 0.6 is 0 Å². The first-order valence-electron chi connectivity index (χ1n) is 6.41. The molecule has 20 heavy (non-hydrogen) atoms. The minimum absolute atomic E-state index is 0.00646. The molecule has 1 heterocycles. The third kappa shape index (κ3) is 3.43. The molecule has 1 atom stereocenters. The van der Waals surface area contributed by atoms with Gasteiger partial charge in [0.2, 0.25) is 0 Å². The summed E-state index contributed by atoms with van der Waals surface area (Å²) >= 11 is 0. The first kappa shape index (κ1) is 14.7. The molecule has 110 valence electrons. The quantitative estimate of drug-likeness (QED) is 0.454. The van der Waals surface area contributed by atoms with Gasteiger partial charge in [0.1, 0.15) is 11.5 Å². The first-order valence-corrected chi connectivity index (χ1v) is 6.41. The van der Waals surface area contributed by atoms with Gasteiger partial charge in [-0.25, -0.2) is 4.39 Å². The number of benzene rings is 1. The average Bonchev–Trinajstić information content (AvgIpc) is 2.87. The molecule has 0 aromatic heterocycles. The van der Waals surface area contributed by atoms with E-state index in [0.717, 1.165) is 12.5 Å². The number of hydrogen-bond donors (Lipinski definition) is 0. The van der Waals surface area contributed by atoms with E-state index in [9.17, 15) is 14.5 Å². The van der Waals surface area contributed by atoms with Crippen molar-refractivity contribution in [1.82, 2.24) is 0 Å². The van der Waals surface area contributed by atoms with Crippen LogP contribution in [0.1, 0.15) is 6.42 Å². The molecule has 1 saturated heterocycles. The van der Waals surface area contributed by atoms with Crippen molar-refractivity contribution in [2.75, 3.05) is 38.3 Å². The van der Waals surface area contributed by atoms with Gasteiger partial charge in [0.15, 0.2) is 0 Å². The molecule has 1 unspecified atom stereocenters. The van der Waals surface area contributed by atoms with E-state index in [1.807, 2.05) is 0 Å². The molecular weight excluding hydrogens is 267 g/mol. The van der Waals surface area contributed by atoms with Crippen molar-refractivity contribution < 1.29 is 18.8 Å². The molecule has 0 amide bonds. The Hall–Kier alpha value is -1.73. The highest BCUT2D eigenvalue weighted by atomic mass is 19.1. The largest absolute Gasteiger partial charge is 0.382 e. The lowest BCUT2D eigenvalue weighted by Crippen LogP contribution is -2.24. The lowest BCUT2D eigenvalue weighted by Gasteiger charge is -2.18. The molecule has 0 aliphatic carbocycles. The Morgan fingerprint density at radius 2 is 2.30 bits per heavy atom. The second kappa shape index (κ2) is 6.62. The van der Waals surface area contributed by atoms with Crippen LogP contribution in [0.3, 0.4) is 0 Å². The van der Waals surface area contributed by atoms with Crippen molar-refractivity contribution in [3.63, 3.8) is 0 Å². The fourth-order valence-corrected chi connectivity index (χ4v) is 2.29. The van der Waals surface area contributed by atoms with Crippen LogP contribution in [0.25, 0.3) is 0 Å². The molecule has 1 aliphatic heterocycles.